The number of hydrogen-bond acceptors (Lipinski definition) is 4. The summed E-state index contributed by atoms with van der Waals surface area (Å²) in [5, 5.41) is 3.07. The molecular formula is C31H38N2O3S. The first-order chi connectivity index (χ1) is 17.9. The van der Waals surface area contributed by atoms with E-state index < -0.39 is 6.04 Å². The van der Waals surface area contributed by atoms with Crippen molar-refractivity contribution >= 4 is 23.6 Å². The van der Waals surface area contributed by atoms with Crippen molar-refractivity contribution in [1.82, 2.24) is 10.2 Å². The minimum atomic E-state index is -0.626. The molecule has 3 aromatic rings. The van der Waals surface area contributed by atoms with Crippen molar-refractivity contribution in [3.8, 4) is 5.75 Å². The number of aryl methyl sites for hydroxylation is 1. The maximum absolute atomic E-state index is 13.7. The molecule has 1 atom stereocenters. The van der Waals surface area contributed by atoms with Crippen LogP contribution in [0.25, 0.3) is 0 Å². The predicted molar refractivity (Wildman–Crippen MR) is 153 cm³/mol. The zero-order valence-corrected chi connectivity index (χ0v) is 23.1. The molecular weight excluding hydrogens is 480 g/mol. The molecule has 3 aromatic carbocycles. The number of nitrogens with zero attached hydrogens (tertiary/aromatic N) is 1. The van der Waals surface area contributed by atoms with Gasteiger partial charge in [-0.3, -0.25) is 9.59 Å². The highest BCUT2D eigenvalue weighted by atomic mass is 32.2. The lowest BCUT2D eigenvalue weighted by molar-refractivity contribution is -0.139. The molecule has 5 nitrogen and oxygen atoms in total. The number of benzene rings is 3. The summed E-state index contributed by atoms with van der Waals surface area (Å²) in [5.41, 5.74) is 4.33. The molecule has 0 fully saturated rings. The van der Waals surface area contributed by atoms with Crippen LogP contribution in [-0.2, 0) is 28.3 Å². The van der Waals surface area contributed by atoms with Crippen LogP contribution in [0.1, 0.15) is 36.1 Å². The van der Waals surface area contributed by atoms with Gasteiger partial charge in [-0.1, -0.05) is 86.1 Å². The van der Waals surface area contributed by atoms with Crippen LogP contribution in [0, 0.1) is 12.8 Å². The van der Waals surface area contributed by atoms with Gasteiger partial charge in [-0.25, -0.2) is 0 Å². The molecule has 0 radical (unpaired) electrons. The van der Waals surface area contributed by atoms with Crippen molar-refractivity contribution in [3.63, 3.8) is 0 Å². The van der Waals surface area contributed by atoms with Gasteiger partial charge in [0.25, 0.3) is 0 Å². The Morgan fingerprint density at radius 3 is 2.32 bits per heavy atom. The minimum Gasteiger partial charge on any atom is -0.497 e. The summed E-state index contributed by atoms with van der Waals surface area (Å²) in [6, 6.07) is 25.3. The Balaban J connectivity index is 1.86. The highest BCUT2D eigenvalue weighted by molar-refractivity contribution is 7.99. The van der Waals surface area contributed by atoms with Gasteiger partial charge in [-0.05, 0) is 41.7 Å². The van der Waals surface area contributed by atoms with Gasteiger partial charge in [-0.15, -0.1) is 11.8 Å². The Kier molecular flexibility index (Phi) is 11.1. The molecule has 0 saturated carbocycles. The summed E-state index contributed by atoms with van der Waals surface area (Å²) in [7, 11) is 1.63. The van der Waals surface area contributed by atoms with Crippen molar-refractivity contribution in [2.45, 2.75) is 45.5 Å². The van der Waals surface area contributed by atoms with Crippen molar-refractivity contribution in [1.29, 1.82) is 0 Å². The first-order valence-electron chi connectivity index (χ1n) is 12.7. The van der Waals surface area contributed by atoms with Gasteiger partial charge < -0.3 is 15.0 Å². The normalized spacial score (nSPS) is 11.7. The molecule has 0 saturated heterocycles. The summed E-state index contributed by atoms with van der Waals surface area (Å²) < 4.78 is 5.40. The van der Waals surface area contributed by atoms with Gasteiger partial charge in [0, 0.05) is 25.3 Å². The fraction of sp³-hybridized carbons (Fsp3) is 0.355. The van der Waals surface area contributed by atoms with E-state index in [1.165, 1.54) is 11.1 Å². The van der Waals surface area contributed by atoms with E-state index >= 15 is 0 Å². The monoisotopic (exact) mass is 518 g/mol. The molecule has 0 bridgehead atoms. The molecule has 196 valence electrons. The topological polar surface area (TPSA) is 58.6 Å². The van der Waals surface area contributed by atoms with Crippen LogP contribution in [0.3, 0.4) is 0 Å². The largest absolute Gasteiger partial charge is 0.497 e. The minimum absolute atomic E-state index is 0.0545. The molecule has 0 heterocycles. The first-order valence-corrected chi connectivity index (χ1v) is 13.9. The molecule has 37 heavy (non-hydrogen) atoms. The van der Waals surface area contributed by atoms with Gasteiger partial charge in [0.15, 0.2) is 0 Å². The summed E-state index contributed by atoms with van der Waals surface area (Å²) in [4.78, 5) is 29.0. The Morgan fingerprint density at radius 1 is 0.919 bits per heavy atom. The quantitative estimate of drug-likeness (QED) is 0.318. The standard InChI is InChI=1S/C31H38N2O3S/c1-23(2)19-32-31(35)29(18-25-11-6-5-7-12-25)33(20-26-13-9-15-28(17-26)36-4)30(34)22-37-21-27-14-8-10-24(3)16-27/h5-17,23,29H,18-22H2,1-4H3,(H,32,35). The molecule has 3 rings (SSSR count). The number of ether oxygens (including phenoxy) is 1. The van der Waals surface area contributed by atoms with E-state index in [-0.39, 0.29) is 11.8 Å². The zero-order valence-electron chi connectivity index (χ0n) is 22.3. The van der Waals surface area contributed by atoms with Crippen molar-refractivity contribution < 1.29 is 14.3 Å². The molecule has 1 N–H and O–H groups in total. The second-order valence-electron chi connectivity index (χ2n) is 9.70. The highest BCUT2D eigenvalue weighted by Gasteiger charge is 2.30. The molecule has 2 amide bonds. The molecule has 0 spiro atoms. The van der Waals surface area contributed by atoms with E-state index in [4.69, 9.17) is 4.74 Å². The number of hydrogen-bond donors (Lipinski definition) is 1. The lowest BCUT2D eigenvalue weighted by atomic mass is 10.0. The third-order valence-electron chi connectivity index (χ3n) is 6.02. The number of carbonyl (C=O) groups is 2. The molecule has 6 heteroatoms. The molecule has 0 aliphatic carbocycles. The molecule has 0 aromatic heterocycles. The smallest absolute Gasteiger partial charge is 0.243 e. The first kappa shape index (κ1) is 28.3. The summed E-state index contributed by atoms with van der Waals surface area (Å²) in [6.07, 6.45) is 0.447. The number of thioether (sulfide) groups is 1. The van der Waals surface area contributed by atoms with E-state index in [0.29, 0.717) is 31.2 Å². The number of carbonyl (C=O) groups excluding carboxylic acids is 2. The summed E-state index contributed by atoms with van der Waals surface area (Å²) in [6.45, 7) is 7.08. The van der Waals surface area contributed by atoms with Crippen LogP contribution in [0.2, 0.25) is 0 Å². The van der Waals surface area contributed by atoms with Crippen LogP contribution < -0.4 is 10.1 Å². The van der Waals surface area contributed by atoms with Crippen molar-refractivity contribution in [2.75, 3.05) is 19.4 Å². The zero-order chi connectivity index (χ0) is 26.6. The summed E-state index contributed by atoms with van der Waals surface area (Å²) >= 11 is 1.58. The molecule has 1 unspecified atom stereocenters. The third kappa shape index (κ3) is 9.29. The van der Waals surface area contributed by atoms with Gasteiger partial charge in [0.2, 0.25) is 11.8 Å². The fourth-order valence-corrected chi connectivity index (χ4v) is 4.94. The van der Waals surface area contributed by atoms with Crippen LogP contribution in [0.5, 0.6) is 5.75 Å². The Hall–Kier alpha value is -3.25. The van der Waals surface area contributed by atoms with E-state index in [1.807, 2.05) is 60.7 Å². The maximum atomic E-state index is 13.7. The Labute approximate surface area is 225 Å². The van der Waals surface area contributed by atoms with Crippen LogP contribution >= 0.6 is 11.8 Å². The van der Waals surface area contributed by atoms with Gasteiger partial charge in [0.1, 0.15) is 11.8 Å². The average Bonchev–Trinajstić information content (AvgIpc) is 2.90. The van der Waals surface area contributed by atoms with E-state index in [0.717, 1.165) is 22.6 Å². The Morgan fingerprint density at radius 2 is 1.62 bits per heavy atom. The molecule has 0 aliphatic heterocycles. The van der Waals surface area contributed by atoms with Crippen LogP contribution in [0.15, 0.2) is 78.9 Å². The predicted octanol–water partition coefficient (Wildman–Crippen LogP) is 5.65. The fourth-order valence-electron chi connectivity index (χ4n) is 4.09. The van der Waals surface area contributed by atoms with Crippen LogP contribution in [-0.4, -0.2) is 42.2 Å². The lowest BCUT2D eigenvalue weighted by Gasteiger charge is -2.32. The number of amides is 2. The SMILES string of the molecule is COc1cccc(CN(C(=O)CSCc2cccc(C)c2)C(Cc2ccccc2)C(=O)NCC(C)C)c1. The number of rotatable bonds is 13. The molecule has 0 aliphatic rings. The number of nitrogens with one attached hydrogen (secondary N) is 1. The third-order valence-corrected chi connectivity index (χ3v) is 7.01. The van der Waals surface area contributed by atoms with E-state index in [9.17, 15) is 9.59 Å². The van der Waals surface area contributed by atoms with Crippen molar-refractivity contribution in [3.05, 3.63) is 101 Å². The van der Waals surface area contributed by atoms with Crippen LogP contribution in [0.4, 0.5) is 0 Å². The van der Waals surface area contributed by atoms with Crippen molar-refractivity contribution in [2.24, 2.45) is 5.92 Å². The lowest BCUT2D eigenvalue weighted by Crippen LogP contribution is -2.51. The highest BCUT2D eigenvalue weighted by Crippen LogP contribution is 2.21. The van der Waals surface area contributed by atoms with Gasteiger partial charge in [0.05, 0.1) is 12.9 Å². The van der Waals surface area contributed by atoms with E-state index in [1.54, 1.807) is 23.8 Å². The summed E-state index contributed by atoms with van der Waals surface area (Å²) in [5.74, 6) is 1.89. The van der Waals surface area contributed by atoms with E-state index in [2.05, 4.69) is 44.3 Å². The van der Waals surface area contributed by atoms with Gasteiger partial charge in [-0.2, -0.15) is 0 Å². The second kappa shape index (κ2) is 14.5. The number of methoxy groups -OCH3 is 1. The Bertz CT molecular complexity index is 1150. The van der Waals surface area contributed by atoms with Gasteiger partial charge >= 0.3 is 0 Å². The average molecular weight is 519 g/mol. The maximum Gasteiger partial charge on any atom is 0.243 e. The second-order valence-corrected chi connectivity index (χ2v) is 10.7.